The van der Waals surface area contributed by atoms with Gasteiger partial charge in [0.1, 0.15) is 11.9 Å². The first-order valence-corrected chi connectivity index (χ1v) is 10.8. The first kappa shape index (κ1) is 22.2. The number of ether oxygens (including phenoxy) is 2. The average Bonchev–Trinajstić information content (AvgIpc) is 3.19. The standard InChI is InChI=1S/C22H28F2N6O2/c1-14(2)17-13-26-30-19(17)27-22(31-16-8-10-29(3)11-9-16)28-21(30)25-12-15-6-4-5-7-18(15)32-20(23)24/h4-7,13-14,16,20H,8-12H2,1-3H3,(H,25,27,28). The van der Waals surface area contributed by atoms with Crippen LogP contribution >= 0.6 is 0 Å². The summed E-state index contributed by atoms with van der Waals surface area (Å²) in [6, 6.07) is 6.94. The van der Waals surface area contributed by atoms with Gasteiger partial charge < -0.3 is 19.7 Å². The summed E-state index contributed by atoms with van der Waals surface area (Å²) in [7, 11) is 2.09. The van der Waals surface area contributed by atoms with Crippen LogP contribution in [-0.4, -0.2) is 57.3 Å². The monoisotopic (exact) mass is 446 g/mol. The van der Waals surface area contributed by atoms with E-state index in [2.05, 4.69) is 50.9 Å². The first-order valence-electron chi connectivity index (χ1n) is 10.8. The Morgan fingerprint density at radius 2 is 1.91 bits per heavy atom. The molecule has 1 fully saturated rings. The fourth-order valence-electron chi connectivity index (χ4n) is 3.74. The molecule has 2 aromatic heterocycles. The van der Waals surface area contributed by atoms with Crippen molar-refractivity contribution in [2.45, 2.75) is 51.9 Å². The minimum Gasteiger partial charge on any atom is -0.460 e. The van der Waals surface area contributed by atoms with Gasteiger partial charge in [0.05, 0.1) is 6.20 Å². The van der Waals surface area contributed by atoms with E-state index in [0.29, 0.717) is 17.2 Å². The summed E-state index contributed by atoms with van der Waals surface area (Å²) in [5.74, 6) is 0.759. The van der Waals surface area contributed by atoms with Crippen LogP contribution in [0.1, 0.15) is 43.7 Å². The zero-order valence-corrected chi connectivity index (χ0v) is 18.5. The Hall–Kier alpha value is -3.01. The van der Waals surface area contributed by atoms with Gasteiger partial charge in [0.2, 0.25) is 5.95 Å². The number of nitrogens with zero attached hydrogens (tertiary/aromatic N) is 5. The highest BCUT2D eigenvalue weighted by molar-refractivity contribution is 5.53. The molecule has 0 saturated carbocycles. The molecule has 3 aromatic rings. The molecular formula is C22H28F2N6O2. The highest BCUT2D eigenvalue weighted by atomic mass is 19.3. The molecule has 0 atom stereocenters. The Labute approximate surface area is 185 Å². The molecule has 1 aromatic carbocycles. The lowest BCUT2D eigenvalue weighted by atomic mass is 10.1. The molecule has 1 saturated heterocycles. The van der Waals surface area contributed by atoms with Crippen molar-refractivity contribution in [3.63, 3.8) is 0 Å². The Morgan fingerprint density at radius 1 is 1.16 bits per heavy atom. The van der Waals surface area contributed by atoms with E-state index in [4.69, 9.17) is 4.74 Å². The Morgan fingerprint density at radius 3 is 2.62 bits per heavy atom. The van der Waals surface area contributed by atoms with Crippen LogP contribution in [0.25, 0.3) is 5.65 Å². The molecule has 0 amide bonds. The molecule has 4 rings (SSSR count). The topological polar surface area (TPSA) is 76.8 Å². The van der Waals surface area contributed by atoms with Gasteiger partial charge in [-0.25, -0.2) is 0 Å². The number of alkyl halides is 2. The highest BCUT2D eigenvalue weighted by Crippen LogP contribution is 2.26. The molecule has 32 heavy (non-hydrogen) atoms. The van der Waals surface area contributed by atoms with Crippen LogP contribution in [0.3, 0.4) is 0 Å². The zero-order valence-electron chi connectivity index (χ0n) is 18.5. The summed E-state index contributed by atoms with van der Waals surface area (Å²) in [5, 5.41) is 7.63. The molecule has 0 unspecified atom stereocenters. The third kappa shape index (κ3) is 5.07. The fraction of sp³-hybridized carbons (Fsp3) is 0.500. The summed E-state index contributed by atoms with van der Waals surface area (Å²) in [5.41, 5.74) is 2.22. The number of para-hydroxylation sites is 1. The summed E-state index contributed by atoms with van der Waals surface area (Å²) in [6.07, 6.45) is 3.63. The molecular weight excluding hydrogens is 418 g/mol. The summed E-state index contributed by atoms with van der Waals surface area (Å²) in [4.78, 5) is 11.4. The van der Waals surface area contributed by atoms with E-state index < -0.39 is 6.61 Å². The predicted octanol–water partition coefficient (Wildman–Crippen LogP) is 3.93. The van der Waals surface area contributed by atoms with Gasteiger partial charge in [-0.05, 0) is 31.9 Å². The maximum Gasteiger partial charge on any atom is 0.387 e. The Kier molecular flexibility index (Phi) is 6.69. The number of rotatable bonds is 8. The van der Waals surface area contributed by atoms with Gasteiger partial charge in [0, 0.05) is 30.8 Å². The van der Waals surface area contributed by atoms with E-state index in [0.717, 1.165) is 31.5 Å². The number of aromatic nitrogens is 4. The van der Waals surface area contributed by atoms with Crippen LogP contribution in [0.15, 0.2) is 30.5 Å². The first-order chi connectivity index (χ1) is 15.4. The van der Waals surface area contributed by atoms with E-state index in [9.17, 15) is 8.78 Å². The third-order valence-corrected chi connectivity index (χ3v) is 5.56. The van der Waals surface area contributed by atoms with Crippen LogP contribution in [0.2, 0.25) is 0 Å². The van der Waals surface area contributed by atoms with Crippen molar-refractivity contribution in [1.29, 1.82) is 0 Å². The van der Waals surface area contributed by atoms with Crippen molar-refractivity contribution < 1.29 is 18.3 Å². The van der Waals surface area contributed by atoms with Gasteiger partial charge in [-0.2, -0.15) is 28.4 Å². The quantitative estimate of drug-likeness (QED) is 0.562. The molecule has 3 heterocycles. The van der Waals surface area contributed by atoms with E-state index in [-0.39, 0.29) is 30.3 Å². The third-order valence-electron chi connectivity index (χ3n) is 5.56. The number of hydrogen-bond donors (Lipinski definition) is 1. The number of hydrogen-bond acceptors (Lipinski definition) is 7. The molecule has 8 nitrogen and oxygen atoms in total. The van der Waals surface area contributed by atoms with Crippen LogP contribution in [0.4, 0.5) is 14.7 Å². The molecule has 172 valence electrons. The average molecular weight is 447 g/mol. The smallest absolute Gasteiger partial charge is 0.387 e. The second-order valence-electron chi connectivity index (χ2n) is 8.28. The van der Waals surface area contributed by atoms with Crippen LogP contribution < -0.4 is 14.8 Å². The Bertz CT molecular complexity index is 1050. The van der Waals surface area contributed by atoms with Crippen molar-refractivity contribution >= 4 is 11.6 Å². The molecule has 1 aliphatic heterocycles. The van der Waals surface area contributed by atoms with E-state index in [1.807, 2.05) is 0 Å². The molecule has 0 spiro atoms. The molecule has 1 aliphatic rings. The molecule has 0 radical (unpaired) electrons. The number of anilines is 1. The second-order valence-corrected chi connectivity index (χ2v) is 8.28. The van der Waals surface area contributed by atoms with Gasteiger partial charge in [-0.1, -0.05) is 32.0 Å². The molecule has 10 heteroatoms. The number of benzene rings is 1. The number of piperidine rings is 1. The Balaban J connectivity index is 1.61. The van der Waals surface area contributed by atoms with E-state index in [1.165, 1.54) is 6.07 Å². The normalized spacial score (nSPS) is 15.6. The lowest BCUT2D eigenvalue weighted by Gasteiger charge is -2.28. The lowest BCUT2D eigenvalue weighted by Crippen LogP contribution is -2.36. The van der Waals surface area contributed by atoms with Gasteiger partial charge in [-0.3, -0.25) is 0 Å². The number of nitrogens with one attached hydrogen (secondary N) is 1. The molecule has 1 N–H and O–H groups in total. The fourth-order valence-corrected chi connectivity index (χ4v) is 3.74. The van der Waals surface area contributed by atoms with Gasteiger partial charge in [-0.15, -0.1) is 0 Å². The number of halogens is 2. The van der Waals surface area contributed by atoms with Crippen LogP contribution in [0, 0.1) is 0 Å². The van der Waals surface area contributed by atoms with Crippen molar-refractivity contribution in [3.8, 4) is 11.8 Å². The van der Waals surface area contributed by atoms with E-state index in [1.54, 1.807) is 28.9 Å². The molecule has 0 aliphatic carbocycles. The van der Waals surface area contributed by atoms with E-state index >= 15 is 0 Å². The lowest BCUT2D eigenvalue weighted by molar-refractivity contribution is -0.0504. The molecule has 0 bridgehead atoms. The number of fused-ring (bicyclic) bond motifs is 1. The van der Waals surface area contributed by atoms with Crippen LogP contribution in [-0.2, 0) is 6.54 Å². The minimum absolute atomic E-state index is 0.0482. The van der Waals surface area contributed by atoms with Crippen molar-refractivity contribution in [1.82, 2.24) is 24.5 Å². The van der Waals surface area contributed by atoms with Crippen molar-refractivity contribution in [2.75, 3.05) is 25.5 Å². The summed E-state index contributed by atoms with van der Waals surface area (Å²) in [6.45, 7) is 3.39. The largest absolute Gasteiger partial charge is 0.460 e. The number of likely N-dealkylation sites (tertiary alicyclic amines) is 1. The second kappa shape index (κ2) is 9.64. The maximum atomic E-state index is 12.8. The van der Waals surface area contributed by atoms with Crippen molar-refractivity contribution in [2.24, 2.45) is 0 Å². The SMILES string of the molecule is CC(C)c1cnn2c(NCc3ccccc3OC(F)F)nc(OC3CCN(C)CC3)nc12. The highest BCUT2D eigenvalue weighted by Gasteiger charge is 2.22. The maximum absolute atomic E-state index is 12.8. The predicted molar refractivity (Wildman–Crippen MR) is 116 cm³/mol. The van der Waals surface area contributed by atoms with Crippen LogP contribution in [0.5, 0.6) is 11.8 Å². The van der Waals surface area contributed by atoms with Gasteiger partial charge in [0.25, 0.3) is 0 Å². The minimum atomic E-state index is -2.89. The summed E-state index contributed by atoms with van der Waals surface area (Å²) < 4.78 is 37.9. The van der Waals surface area contributed by atoms with Gasteiger partial charge >= 0.3 is 12.6 Å². The zero-order chi connectivity index (χ0) is 22.7. The van der Waals surface area contributed by atoms with Crippen molar-refractivity contribution in [3.05, 3.63) is 41.6 Å². The van der Waals surface area contributed by atoms with Gasteiger partial charge in [0.15, 0.2) is 5.65 Å². The summed E-state index contributed by atoms with van der Waals surface area (Å²) >= 11 is 0.